The second-order valence-corrected chi connectivity index (χ2v) is 2.91. The largest absolute Gasteiger partial charge is 1.00 e. The van der Waals surface area contributed by atoms with Crippen LogP contribution < -0.4 is 56.1 Å². The summed E-state index contributed by atoms with van der Waals surface area (Å²) in [6.45, 7) is -6.11. The van der Waals surface area contributed by atoms with Gasteiger partial charge in [0.2, 0.25) is 0 Å². The Morgan fingerprint density at radius 2 is 1.64 bits per heavy atom. The van der Waals surface area contributed by atoms with Crippen LogP contribution in [0, 0.1) is 0 Å². The molecule has 0 radical (unpaired) electrons. The molecule has 0 saturated carbocycles. The first-order chi connectivity index (χ1) is 5.97. The molecule has 0 unspecified atom stereocenters. The summed E-state index contributed by atoms with van der Waals surface area (Å²) in [5, 5.41) is 0.463. The molecule has 0 aliphatic carbocycles. The third-order valence-electron chi connectivity index (χ3n) is 1.25. The number of halogens is 4. The summed E-state index contributed by atoms with van der Waals surface area (Å²) in [5.41, 5.74) is 0. The van der Waals surface area contributed by atoms with Gasteiger partial charge < -0.3 is 17.7 Å². The van der Waals surface area contributed by atoms with Crippen LogP contribution >= 0.6 is 11.6 Å². The minimum atomic E-state index is -4.89. The Balaban J connectivity index is 0.00000169. The maximum absolute atomic E-state index is 11.7. The van der Waals surface area contributed by atoms with Crippen LogP contribution in [0.4, 0.5) is 12.9 Å². The SMILES string of the molecule is F[B-](F)(F)COc1ccc(Cl)cc1.[K+]. The van der Waals surface area contributed by atoms with Crippen molar-refractivity contribution in [2.45, 2.75) is 0 Å². The summed E-state index contributed by atoms with van der Waals surface area (Å²) in [4.78, 5) is 0. The normalized spacial score (nSPS) is 10.6. The predicted octanol–water partition coefficient (Wildman–Crippen LogP) is 0.109. The molecule has 72 valence electrons. The second-order valence-electron chi connectivity index (χ2n) is 2.48. The van der Waals surface area contributed by atoms with E-state index in [0.717, 1.165) is 0 Å². The summed E-state index contributed by atoms with van der Waals surface area (Å²) in [5.74, 6) is 0.170. The number of hydrogen-bond acceptors (Lipinski definition) is 1. The minimum Gasteiger partial charge on any atom is -0.522 e. The molecule has 0 N–H and O–H groups in total. The van der Waals surface area contributed by atoms with Gasteiger partial charge >= 0.3 is 58.4 Å². The van der Waals surface area contributed by atoms with Crippen LogP contribution in [0.15, 0.2) is 24.3 Å². The Morgan fingerprint density at radius 1 is 1.14 bits per heavy atom. The molecule has 14 heavy (non-hydrogen) atoms. The molecule has 1 nitrogen and oxygen atoms in total. The van der Waals surface area contributed by atoms with Crippen LogP contribution in [0.5, 0.6) is 5.75 Å². The average Bonchev–Trinajstić information content (AvgIpc) is 2.02. The monoisotopic (exact) mass is 248 g/mol. The Morgan fingerprint density at radius 3 is 2.07 bits per heavy atom. The van der Waals surface area contributed by atoms with E-state index in [4.69, 9.17) is 11.6 Å². The van der Waals surface area contributed by atoms with Crippen LogP contribution in [-0.2, 0) is 0 Å². The molecular formula is C7H6BClF3KO. The van der Waals surface area contributed by atoms with Crippen molar-refractivity contribution in [3.8, 4) is 5.75 Å². The van der Waals surface area contributed by atoms with Crippen molar-refractivity contribution in [3.63, 3.8) is 0 Å². The van der Waals surface area contributed by atoms with Gasteiger partial charge in [-0.15, -0.1) is 0 Å². The third kappa shape index (κ3) is 6.32. The number of hydrogen-bond donors (Lipinski definition) is 0. The fourth-order valence-electron chi connectivity index (χ4n) is 0.722. The second kappa shape index (κ2) is 6.40. The predicted molar refractivity (Wildman–Crippen MR) is 46.0 cm³/mol. The first-order valence-corrected chi connectivity index (χ1v) is 3.94. The Bertz CT molecular complexity index is 277. The van der Waals surface area contributed by atoms with Gasteiger partial charge in [-0.25, -0.2) is 0 Å². The average molecular weight is 248 g/mol. The van der Waals surface area contributed by atoms with Crippen molar-refractivity contribution in [1.82, 2.24) is 0 Å². The molecule has 7 heteroatoms. The molecule has 0 aliphatic heterocycles. The van der Waals surface area contributed by atoms with Crippen molar-refractivity contribution >= 4 is 18.6 Å². The van der Waals surface area contributed by atoms with Crippen molar-refractivity contribution in [1.29, 1.82) is 0 Å². The van der Waals surface area contributed by atoms with Crippen LogP contribution in [-0.4, -0.2) is 13.5 Å². The molecule has 1 rings (SSSR count). The molecule has 0 spiro atoms. The van der Waals surface area contributed by atoms with Gasteiger partial charge in [-0.3, -0.25) is 0 Å². The maximum atomic E-state index is 11.7. The molecule has 0 saturated heterocycles. The number of rotatable bonds is 3. The van der Waals surface area contributed by atoms with E-state index in [1.54, 1.807) is 0 Å². The van der Waals surface area contributed by atoms with Gasteiger partial charge in [-0.05, 0) is 24.3 Å². The van der Waals surface area contributed by atoms with E-state index in [2.05, 4.69) is 4.74 Å². The molecule has 0 amide bonds. The first-order valence-electron chi connectivity index (χ1n) is 3.57. The minimum absolute atomic E-state index is 0. The Hall–Kier alpha value is 0.801. The molecule has 0 heterocycles. The van der Waals surface area contributed by atoms with E-state index in [1.807, 2.05) is 0 Å². The van der Waals surface area contributed by atoms with Crippen LogP contribution in [0.1, 0.15) is 0 Å². The third-order valence-corrected chi connectivity index (χ3v) is 1.50. The topological polar surface area (TPSA) is 9.23 Å². The van der Waals surface area contributed by atoms with Gasteiger partial charge in [0.05, 0.1) is 6.51 Å². The summed E-state index contributed by atoms with van der Waals surface area (Å²) >= 11 is 5.53. The Labute approximate surface area is 127 Å². The van der Waals surface area contributed by atoms with E-state index in [9.17, 15) is 12.9 Å². The standard InChI is InChI=1S/C7H6BClF3O.K/c9-6-1-3-7(4-2-6)13-5-8(10,11)12;/h1-4H,5H2;/q-1;+1. The zero-order valence-corrected chi connectivity index (χ0v) is 11.4. The van der Waals surface area contributed by atoms with Crippen LogP contribution in [0.3, 0.4) is 0 Å². The van der Waals surface area contributed by atoms with Gasteiger partial charge in [0, 0.05) is 5.02 Å². The van der Waals surface area contributed by atoms with Crippen molar-refractivity contribution in [2.24, 2.45) is 0 Å². The zero-order chi connectivity index (χ0) is 9.90. The maximum Gasteiger partial charge on any atom is 1.00 e. The van der Waals surface area contributed by atoms with Crippen LogP contribution in [0.2, 0.25) is 5.02 Å². The molecule has 1 aromatic carbocycles. The smallest absolute Gasteiger partial charge is 0.522 e. The fraction of sp³-hybridized carbons (Fsp3) is 0.143. The fourth-order valence-corrected chi connectivity index (χ4v) is 0.848. The summed E-state index contributed by atoms with van der Waals surface area (Å²) in [6, 6.07) is 5.73. The van der Waals surface area contributed by atoms with E-state index in [-0.39, 0.29) is 57.1 Å². The summed E-state index contributed by atoms with van der Waals surface area (Å²) in [7, 11) is 0. The summed E-state index contributed by atoms with van der Waals surface area (Å²) < 4.78 is 39.7. The number of benzene rings is 1. The van der Waals surface area contributed by atoms with E-state index >= 15 is 0 Å². The first kappa shape index (κ1) is 14.8. The van der Waals surface area contributed by atoms with Crippen LogP contribution in [0.25, 0.3) is 0 Å². The van der Waals surface area contributed by atoms with Gasteiger partial charge in [-0.2, -0.15) is 0 Å². The molecule has 0 aromatic heterocycles. The molecular weight excluding hydrogens is 242 g/mol. The molecule has 0 fully saturated rings. The molecule has 1 aromatic rings. The quantitative estimate of drug-likeness (QED) is 0.690. The molecule has 0 atom stereocenters. The van der Waals surface area contributed by atoms with E-state index in [0.29, 0.717) is 5.02 Å². The number of ether oxygens (including phenoxy) is 1. The van der Waals surface area contributed by atoms with Gasteiger partial charge in [-0.1, -0.05) is 11.6 Å². The zero-order valence-electron chi connectivity index (χ0n) is 7.51. The summed E-state index contributed by atoms with van der Waals surface area (Å²) in [6.07, 6.45) is 0. The van der Waals surface area contributed by atoms with Gasteiger partial charge in [0.15, 0.2) is 0 Å². The van der Waals surface area contributed by atoms with Gasteiger partial charge in [0.25, 0.3) is 0 Å². The van der Waals surface area contributed by atoms with E-state index < -0.39 is 13.5 Å². The molecule has 0 aliphatic rings. The van der Waals surface area contributed by atoms with Gasteiger partial charge in [0.1, 0.15) is 5.75 Å². The van der Waals surface area contributed by atoms with E-state index in [1.165, 1.54) is 24.3 Å². The van der Waals surface area contributed by atoms with Crippen molar-refractivity contribution in [3.05, 3.63) is 29.3 Å². The van der Waals surface area contributed by atoms with Crippen molar-refractivity contribution < 1.29 is 69.1 Å². The molecule has 0 bridgehead atoms. The van der Waals surface area contributed by atoms with Crippen molar-refractivity contribution in [2.75, 3.05) is 6.51 Å². The Kier molecular flexibility index (Phi) is 6.76.